The minimum absolute atomic E-state index is 0.189. The molecular formula is C31H33N7O3. The van der Waals surface area contributed by atoms with Crippen LogP contribution in [0.25, 0.3) is 10.9 Å². The van der Waals surface area contributed by atoms with Gasteiger partial charge in [-0.25, -0.2) is 9.78 Å². The number of benzene rings is 2. The molecule has 0 unspecified atom stereocenters. The molecule has 10 nitrogen and oxygen atoms in total. The summed E-state index contributed by atoms with van der Waals surface area (Å²) in [6, 6.07) is 18.6. The van der Waals surface area contributed by atoms with E-state index in [0.717, 1.165) is 43.5 Å². The summed E-state index contributed by atoms with van der Waals surface area (Å²) in [4.78, 5) is 33.7. The number of nitrogens with one attached hydrogen (secondary N) is 2. The Bertz CT molecular complexity index is 1600. The number of carbonyl (C=O) groups is 2. The van der Waals surface area contributed by atoms with Gasteiger partial charge in [-0.15, -0.1) is 0 Å². The topological polar surface area (TPSA) is 127 Å². The predicted octanol–water partition coefficient (Wildman–Crippen LogP) is 4.29. The van der Waals surface area contributed by atoms with Crippen molar-refractivity contribution in [3.05, 3.63) is 83.7 Å². The summed E-state index contributed by atoms with van der Waals surface area (Å²) >= 11 is 0. The number of piperidine rings is 1. The van der Waals surface area contributed by atoms with E-state index in [0.29, 0.717) is 34.1 Å². The van der Waals surface area contributed by atoms with Crippen molar-refractivity contribution in [2.24, 2.45) is 0 Å². The largest absolute Gasteiger partial charge is 0.395 e. The number of rotatable bonds is 7. The molecule has 10 heteroatoms. The van der Waals surface area contributed by atoms with E-state index in [1.165, 1.54) is 10.1 Å². The van der Waals surface area contributed by atoms with Gasteiger partial charge in [0.1, 0.15) is 11.9 Å². The second-order valence-electron chi connectivity index (χ2n) is 10.2. The van der Waals surface area contributed by atoms with Gasteiger partial charge in [0.05, 0.1) is 23.4 Å². The Kier molecular flexibility index (Phi) is 8.29. The number of hydrogen-bond donors (Lipinski definition) is 3. The summed E-state index contributed by atoms with van der Waals surface area (Å²) in [5.41, 5.74) is 4.22. The number of nitriles is 1. The number of carbonyl (C=O) groups excluding carboxylic acids is 2. The van der Waals surface area contributed by atoms with Crippen molar-refractivity contribution in [2.45, 2.75) is 18.8 Å². The molecule has 0 bridgehead atoms. The van der Waals surface area contributed by atoms with Crippen LogP contribution in [0.15, 0.2) is 67.0 Å². The molecule has 41 heavy (non-hydrogen) atoms. The molecule has 2 aromatic carbocycles. The zero-order valence-electron chi connectivity index (χ0n) is 23.2. The monoisotopic (exact) mass is 551 g/mol. The Balaban J connectivity index is 1.29. The average Bonchev–Trinajstić information content (AvgIpc) is 3.43. The molecule has 1 aliphatic heterocycles. The maximum atomic E-state index is 13.0. The first-order valence-corrected chi connectivity index (χ1v) is 13.6. The number of anilines is 3. The molecule has 4 aromatic rings. The third-order valence-corrected chi connectivity index (χ3v) is 7.74. The summed E-state index contributed by atoms with van der Waals surface area (Å²) in [7, 11) is 3.40. The van der Waals surface area contributed by atoms with Crippen LogP contribution in [0.4, 0.5) is 22.0 Å². The van der Waals surface area contributed by atoms with Crippen LogP contribution in [0.2, 0.25) is 0 Å². The molecule has 2 aromatic heterocycles. The van der Waals surface area contributed by atoms with Gasteiger partial charge in [0.15, 0.2) is 0 Å². The Labute approximate surface area is 238 Å². The quantitative estimate of drug-likeness (QED) is 0.313. The zero-order chi connectivity index (χ0) is 28.9. The summed E-state index contributed by atoms with van der Waals surface area (Å²) in [5, 5.41) is 25.3. The van der Waals surface area contributed by atoms with Gasteiger partial charge in [0.2, 0.25) is 0 Å². The summed E-state index contributed by atoms with van der Waals surface area (Å²) in [5.74, 6) is 0.595. The van der Waals surface area contributed by atoms with Gasteiger partial charge >= 0.3 is 6.03 Å². The van der Waals surface area contributed by atoms with Gasteiger partial charge in [0, 0.05) is 55.7 Å². The van der Waals surface area contributed by atoms with Crippen molar-refractivity contribution in [3.63, 3.8) is 0 Å². The van der Waals surface area contributed by atoms with Crippen LogP contribution in [0.3, 0.4) is 0 Å². The number of hydrogen-bond acceptors (Lipinski definition) is 7. The lowest BCUT2D eigenvalue weighted by Gasteiger charge is -2.31. The van der Waals surface area contributed by atoms with Crippen molar-refractivity contribution in [1.82, 2.24) is 19.8 Å². The molecule has 1 saturated heterocycles. The highest BCUT2D eigenvalue weighted by Crippen LogP contribution is 2.32. The number of β-amino-alcohol motifs (C(OH)–C–C–N with tert-alkyl or cyclic N) is 1. The summed E-state index contributed by atoms with van der Waals surface area (Å²) < 4.78 is 1.47. The number of pyridine rings is 1. The molecule has 2 amide bonds. The normalized spacial score (nSPS) is 14.0. The lowest BCUT2D eigenvalue weighted by molar-refractivity contribution is 0.102. The molecule has 210 valence electrons. The number of amides is 2. The number of aliphatic hydroxyl groups is 1. The van der Waals surface area contributed by atoms with Gasteiger partial charge in [-0.2, -0.15) is 5.26 Å². The maximum Gasteiger partial charge on any atom is 0.325 e. The van der Waals surface area contributed by atoms with E-state index < -0.39 is 0 Å². The first-order chi connectivity index (χ1) is 19.9. The number of aromatic nitrogens is 2. The van der Waals surface area contributed by atoms with Crippen molar-refractivity contribution >= 4 is 40.0 Å². The number of likely N-dealkylation sites (tertiary alicyclic amines) is 1. The second kappa shape index (κ2) is 12.2. The number of nitrogens with zero attached hydrogens (tertiary/aromatic N) is 5. The van der Waals surface area contributed by atoms with Gasteiger partial charge in [0.25, 0.3) is 5.91 Å². The fourth-order valence-corrected chi connectivity index (χ4v) is 5.40. The molecule has 1 aliphatic rings. The van der Waals surface area contributed by atoms with E-state index >= 15 is 0 Å². The Morgan fingerprint density at radius 1 is 1.12 bits per heavy atom. The van der Waals surface area contributed by atoms with E-state index in [9.17, 15) is 14.9 Å². The molecule has 0 spiro atoms. The molecular weight excluding hydrogens is 518 g/mol. The van der Waals surface area contributed by atoms with Gasteiger partial charge in [-0.3, -0.25) is 9.36 Å². The van der Waals surface area contributed by atoms with Gasteiger partial charge in [-0.1, -0.05) is 12.1 Å². The van der Waals surface area contributed by atoms with Crippen LogP contribution in [-0.4, -0.2) is 71.8 Å². The van der Waals surface area contributed by atoms with Crippen LogP contribution in [-0.2, 0) is 0 Å². The summed E-state index contributed by atoms with van der Waals surface area (Å²) in [6.07, 6.45) is 5.36. The number of aliphatic hydroxyl groups excluding tert-OH is 1. The van der Waals surface area contributed by atoms with Crippen LogP contribution < -0.4 is 15.5 Å². The van der Waals surface area contributed by atoms with Gasteiger partial charge in [-0.05, 0) is 73.8 Å². The molecule has 1 fully saturated rings. The van der Waals surface area contributed by atoms with Crippen molar-refractivity contribution in [1.29, 1.82) is 5.26 Å². The Morgan fingerprint density at radius 3 is 2.56 bits per heavy atom. The second-order valence-corrected chi connectivity index (χ2v) is 10.2. The lowest BCUT2D eigenvalue weighted by atomic mass is 9.89. The van der Waals surface area contributed by atoms with Crippen molar-refractivity contribution in [3.8, 4) is 6.07 Å². The van der Waals surface area contributed by atoms with Gasteiger partial charge < -0.3 is 25.5 Å². The Hall–Kier alpha value is -4.72. The van der Waals surface area contributed by atoms with Crippen molar-refractivity contribution in [2.75, 3.05) is 50.6 Å². The summed E-state index contributed by atoms with van der Waals surface area (Å²) in [6.45, 7) is 2.85. The first kappa shape index (κ1) is 27.8. The molecule has 0 radical (unpaired) electrons. The van der Waals surface area contributed by atoms with Crippen LogP contribution in [0.1, 0.15) is 40.2 Å². The van der Waals surface area contributed by atoms with E-state index in [-0.39, 0.29) is 18.5 Å². The molecule has 0 aliphatic carbocycles. The number of fused-ring (bicyclic) bond motifs is 1. The third-order valence-electron chi connectivity index (χ3n) is 7.74. The zero-order valence-corrected chi connectivity index (χ0v) is 23.2. The lowest BCUT2D eigenvalue weighted by Crippen LogP contribution is -2.34. The van der Waals surface area contributed by atoms with Crippen LogP contribution in [0, 0.1) is 11.3 Å². The first-order valence-electron chi connectivity index (χ1n) is 13.6. The highest BCUT2D eigenvalue weighted by atomic mass is 16.3. The molecule has 5 rings (SSSR count). The molecule has 3 heterocycles. The molecule has 0 atom stereocenters. The van der Waals surface area contributed by atoms with Crippen LogP contribution in [0.5, 0.6) is 0 Å². The van der Waals surface area contributed by atoms with E-state index in [1.807, 2.05) is 48.3 Å². The van der Waals surface area contributed by atoms with Crippen LogP contribution >= 0.6 is 0 Å². The third kappa shape index (κ3) is 5.91. The fourth-order valence-electron chi connectivity index (χ4n) is 5.40. The van der Waals surface area contributed by atoms with Crippen molar-refractivity contribution < 1.29 is 14.7 Å². The van der Waals surface area contributed by atoms with E-state index in [1.54, 1.807) is 37.6 Å². The highest BCUT2D eigenvalue weighted by molar-refractivity contribution is 6.04. The highest BCUT2D eigenvalue weighted by Gasteiger charge is 2.21. The van der Waals surface area contributed by atoms with E-state index in [2.05, 4.69) is 26.6 Å². The minimum atomic E-state index is -0.284. The van der Waals surface area contributed by atoms with E-state index in [4.69, 9.17) is 5.11 Å². The standard InChI is InChI=1S/C31H33N7O3/c1-33-31(41)38-14-10-24-17-27(25(20-32)18-28(24)38)36(2)26-7-11-34-29(19-26)35-30(40)23-5-3-21(4-6-23)22-8-12-37(13-9-22)15-16-39/h3-7,10-11,14,17-19,22,39H,8-9,12-13,15-16H2,1-2H3,(H,33,41)(H,34,35,40). The molecule has 0 saturated carbocycles. The maximum absolute atomic E-state index is 13.0. The SMILES string of the molecule is CNC(=O)n1ccc2cc(N(C)c3ccnc(NC(=O)c4ccc(C5CCN(CCO)CC5)cc4)c3)c(C#N)cc21. The smallest absolute Gasteiger partial charge is 0.325 e. The minimum Gasteiger partial charge on any atom is -0.395 e. The Morgan fingerprint density at radius 2 is 1.88 bits per heavy atom. The molecule has 3 N–H and O–H groups in total. The fraction of sp³-hybridized carbons (Fsp3) is 0.290. The predicted molar refractivity (Wildman–Crippen MR) is 159 cm³/mol. The average molecular weight is 552 g/mol.